The zero-order valence-electron chi connectivity index (χ0n) is 8.68. The number of nitrogens with one attached hydrogen (secondary N) is 1. The fraction of sp³-hybridized carbons (Fsp3) is 0.889. The zero-order valence-corrected chi connectivity index (χ0v) is 10.3. The van der Waals surface area contributed by atoms with Gasteiger partial charge in [-0.1, -0.05) is 15.9 Å². The van der Waals surface area contributed by atoms with Gasteiger partial charge in [0.05, 0.1) is 17.5 Å². The number of amides is 1. The Kier molecular flexibility index (Phi) is 7.13. The Morgan fingerprint density at radius 1 is 1.57 bits per heavy atom. The average Bonchev–Trinajstić information content (AvgIpc) is 2.12. The van der Waals surface area contributed by atoms with Gasteiger partial charge in [-0.3, -0.25) is 4.79 Å². The van der Waals surface area contributed by atoms with E-state index >= 15 is 0 Å². The van der Waals surface area contributed by atoms with Crippen LogP contribution < -0.4 is 5.32 Å². The molecule has 0 heterocycles. The van der Waals surface area contributed by atoms with Gasteiger partial charge in [0, 0.05) is 13.2 Å². The number of alkyl halides is 1. The first kappa shape index (κ1) is 13.9. The SMILES string of the molecule is CC(C)(CCO)OCCNC(=O)CBr. The van der Waals surface area contributed by atoms with E-state index < -0.39 is 0 Å². The molecule has 0 saturated heterocycles. The molecule has 0 rings (SSSR count). The van der Waals surface area contributed by atoms with E-state index in [9.17, 15) is 4.79 Å². The van der Waals surface area contributed by atoms with E-state index in [4.69, 9.17) is 9.84 Å². The summed E-state index contributed by atoms with van der Waals surface area (Å²) < 4.78 is 5.47. The molecule has 0 saturated carbocycles. The van der Waals surface area contributed by atoms with E-state index in [1.165, 1.54) is 0 Å². The molecule has 0 aliphatic carbocycles. The molecule has 0 aromatic rings. The molecule has 0 aliphatic heterocycles. The Bertz CT molecular complexity index is 173. The van der Waals surface area contributed by atoms with Crippen LogP contribution in [0.1, 0.15) is 20.3 Å². The largest absolute Gasteiger partial charge is 0.396 e. The van der Waals surface area contributed by atoms with Crippen LogP contribution in [0.5, 0.6) is 0 Å². The lowest BCUT2D eigenvalue weighted by Gasteiger charge is -2.24. The predicted molar refractivity (Wildman–Crippen MR) is 58.5 cm³/mol. The maximum Gasteiger partial charge on any atom is 0.230 e. The summed E-state index contributed by atoms with van der Waals surface area (Å²) in [7, 11) is 0. The fourth-order valence-electron chi connectivity index (χ4n) is 0.906. The van der Waals surface area contributed by atoms with Gasteiger partial charge in [0.15, 0.2) is 0 Å². The third-order valence-corrected chi connectivity index (χ3v) is 2.26. The van der Waals surface area contributed by atoms with Crippen molar-refractivity contribution in [3.8, 4) is 0 Å². The normalized spacial score (nSPS) is 11.4. The molecular formula is C9H18BrNO3. The quantitative estimate of drug-likeness (QED) is 0.527. The summed E-state index contributed by atoms with van der Waals surface area (Å²) in [4.78, 5) is 10.8. The molecule has 4 nitrogen and oxygen atoms in total. The summed E-state index contributed by atoms with van der Waals surface area (Å²) in [5, 5.41) is 11.7. The van der Waals surface area contributed by atoms with E-state index in [0.717, 1.165) is 0 Å². The maximum atomic E-state index is 10.8. The Balaban J connectivity index is 3.48. The molecule has 0 aromatic heterocycles. The van der Waals surface area contributed by atoms with Crippen LogP contribution in [0.4, 0.5) is 0 Å². The lowest BCUT2D eigenvalue weighted by molar-refractivity contribution is -0.119. The second kappa shape index (κ2) is 7.20. The molecular weight excluding hydrogens is 250 g/mol. The second-order valence-corrected chi connectivity index (χ2v) is 4.13. The molecule has 0 unspecified atom stereocenters. The van der Waals surface area contributed by atoms with Crippen LogP contribution in [0.15, 0.2) is 0 Å². The van der Waals surface area contributed by atoms with Crippen LogP contribution in [0.25, 0.3) is 0 Å². The van der Waals surface area contributed by atoms with Crippen molar-refractivity contribution in [1.29, 1.82) is 0 Å². The summed E-state index contributed by atoms with van der Waals surface area (Å²) in [6, 6.07) is 0. The second-order valence-electron chi connectivity index (χ2n) is 3.57. The number of hydrogen-bond acceptors (Lipinski definition) is 3. The predicted octanol–water partition coefficient (Wildman–Crippen LogP) is 0.675. The van der Waals surface area contributed by atoms with Crippen molar-refractivity contribution in [3.05, 3.63) is 0 Å². The fourth-order valence-corrected chi connectivity index (χ4v) is 1.10. The minimum Gasteiger partial charge on any atom is -0.396 e. The number of aliphatic hydroxyl groups excluding tert-OH is 1. The number of carbonyl (C=O) groups excluding carboxylic acids is 1. The number of ether oxygens (including phenoxy) is 1. The van der Waals surface area contributed by atoms with Crippen LogP contribution in [0, 0.1) is 0 Å². The number of hydrogen-bond donors (Lipinski definition) is 2. The molecule has 0 bridgehead atoms. The highest BCUT2D eigenvalue weighted by molar-refractivity contribution is 9.09. The summed E-state index contributed by atoms with van der Waals surface area (Å²) in [6.45, 7) is 4.90. The number of halogens is 1. The van der Waals surface area contributed by atoms with Crippen molar-refractivity contribution in [3.63, 3.8) is 0 Å². The Hall–Kier alpha value is -0.130. The van der Waals surface area contributed by atoms with Gasteiger partial charge in [0.1, 0.15) is 0 Å². The summed E-state index contributed by atoms with van der Waals surface area (Å²) in [6.07, 6.45) is 0.597. The van der Waals surface area contributed by atoms with Crippen molar-refractivity contribution in [2.45, 2.75) is 25.9 Å². The van der Waals surface area contributed by atoms with E-state index in [-0.39, 0.29) is 18.1 Å². The third-order valence-electron chi connectivity index (χ3n) is 1.75. The standard InChI is InChI=1S/C9H18BrNO3/c1-9(2,3-5-12)14-6-4-11-8(13)7-10/h12H,3-7H2,1-2H3,(H,11,13). The smallest absolute Gasteiger partial charge is 0.230 e. The molecule has 14 heavy (non-hydrogen) atoms. The van der Waals surface area contributed by atoms with Crippen molar-refractivity contribution in [1.82, 2.24) is 5.32 Å². The van der Waals surface area contributed by atoms with E-state index in [1.807, 2.05) is 13.8 Å². The van der Waals surface area contributed by atoms with Gasteiger partial charge < -0.3 is 15.2 Å². The van der Waals surface area contributed by atoms with Gasteiger partial charge in [-0.25, -0.2) is 0 Å². The van der Waals surface area contributed by atoms with Gasteiger partial charge in [-0.2, -0.15) is 0 Å². The molecule has 0 atom stereocenters. The van der Waals surface area contributed by atoms with E-state index in [2.05, 4.69) is 21.2 Å². The molecule has 0 radical (unpaired) electrons. The van der Waals surface area contributed by atoms with Gasteiger partial charge in [-0.05, 0) is 20.3 Å². The van der Waals surface area contributed by atoms with Crippen molar-refractivity contribution < 1.29 is 14.6 Å². The monoisotopic (exact) mass is 267 g/mol. The van der Waals surface area contributed by atoms with Crippen LogP contribution >= 0.6 is 15.9 Å². The molecule has 1 amide bonds. The van der Waals surface area contributed by atoms with Crippen LogP contribution in [0.3, 0.4) is 0 Å². The van der Waals surface area contributed by atoms with E-state index in [0.29, 0.717) is 24.9 Å². The molecule has 0 fully saturated rings. The lowest BCUT2D eigenvalue weighted by atomic mass is 10.1. The summed E-state index contributed by atoms with van der Waals surface area (Å²) in [5.74, 6) is -0.0476. The number of carbonyl (C=O) groups is 1. The number of aliphatic hydroxyl groups is 1. The highest BCUT2D eigenvalue weighted by Gasteiger charge is 2.16. The van der Waals surface area contributed by atoms with Crippen molar-refractivity contribution in [2.24, 2.45) is 0 Å². The first-order chi connectivity index (χ1) is 6.52. The minimum absolute atomic E-state index is 0.0476. The summed E-state index contributed by atoms with van der Waals surface area (Å²) >= 11 is 3.05. The van der Waals surface area contributed by atoms with Crippen molar-refractivity contribution in [2.75, 3.05) is 25.1 Å². The molecule has 0 aromatic carbocycles. The van der Waals surface area contributed by atoms with E-state index in [1.54, 1.807) is 0 Å². The van der Waals surface area contributed by atoms with Gasteiger partial charge >= 0.3 is 0 Å². The van der Waals surface area contributed by atoms with Gasteiger partial charge in [0.25, 0.3) is 0 Å². The van der Waals surface area contributed by atoms with Crippen LogP contribution in [-0.2, 0) is 9.53 Å². The topological polar surface area (TPSA) is 58.6 Å². The molecule has 84 valence electrons. The lowest BCUT2D eigenvalue weighted by Crippen LogP contribution is -2.33. The minimum atomic E-state index is -0.326. The third kappa shape index (κ3) is 7.29. The highest BCUT2D eigenvalue weighted by Crippen LogP contribution is 2.12. The first-order valence-corrected chi connectivity index (χ1v) is 5.71. The zero-order chi connectivity index (χ0) is 11.0. The Morgan fingerprint density at radius 3 is 2.71 bits per heavy atom. The molecule has 0 aliphatic rings. The Labute approximate surface area is 93.1 Å². The van der Waals surface area contributed by atoms with Crippen LogP contribution in [-0.4, -0.2) is 41.7 Å². The first-order valence-electron chi connectivity index (χ1n) is 4.59. The van der Waals surface area contributed by atoms with Gasteiger partial charge in [-0.15, -0.1) is 0 Å². The number of rotatable bonds is 7. The Morgan fingerprint density at radius 2 is 2.21 bits per heavy atom. The molecule has 5 heteroatoms. The maximum absolute atomic E-state index is 10.8. The van der Waals surface area contributed by atoms with Crippen LogP contribution in [0.2, 0.25) is 0 Å². The van der Waals surface area contributed by atoms with Gasteiger partial charge in [0.2, 0.25) is 5.91 Å². The molecule has 2 N–H and O–H groups in total. The van der Waals surface area contributed by atoms with Crippen molar-refractivity contribution >= 4 is 21.8 Å². The summed E-state index contributed by atoms with van der Waals surface area (Å²) in [5.41, 5.74) is -0.326. The molecule has 0 spiro atoms. The average molecular weight is 268 g/mol. The highest BCUT2D eigenvalue weighted by atomic mass is 79.9.